The Morgan fingerprint density at radius 2 is 2.00 bits per heavy atom. The van der Waals surface area contributed by atoms with Gasteiger partial charge < -0.3 is 4.42 Å². The number of fused-ring (bicyclic) bond motifs is 1. The second-order valence-electron chi connectivity index (χ2n) is 4.92. The number of oxazole rings is 1. The SMILES string of the molecule is CCCCC(=O)c1ccnc2nc(-c3ccccc3)oc12. The first kappa shape index (κ1) is 13.5. The van der Waals surface area contributed by atoms with Gasteiger partial charge in [-0.15, -0.1) is 0 Å². The zero-order valence-corrected chi connectivity index (χ0v) is 11.9. The lowest BCUT2D eigenvalue weighted by molar-refractivity contribution is 0.0980. The highest BCUT2D eigenvalue weighted by atomic mass is 16.3. The van der Waals surface area contributed by atoms with Crippen LogP contribution in [0.5, 0.6) is 0 Å². The molecule has 4 nitrogen and oxygen atoms in total. The first-order chi connectivity index (χ1) is 10.3. The largest absolute Gasteiger partial charge is 0.434 e. The molecule has 1 aromatic carbocycles. The fourth-order valence-corrected chi connectivity index (χ4v) is 2.23. The van der Waals surface area contributed by atoms with Gasteiger partial charge in [0.2, 0.25) is 5.89 Å². The van der Waals surface area contributed by atoms with Crippen molar-refractivity contribution in [3.63, 3.8) is 0 Å². The van der Waals surface area contributed by atoms with Crippen LogP contribution in [-0.2, 0) is 0 Å². The number of hydrogen-bond acceptors (Lipinski definition) is 4. The van der Waals surface area contributed by atoms with Gasteiger partial charge in [-0.05, 0) is 24.6 Å². The Bertz CT molecular complexity index is 763. The molecule has 0 aliphatic carbocycles. The molecular weight excluding hydrogens is 264 g/mol. The Hall–Kier alpha value is -2.49. The van der Waals surface area contributed by atoms with Crippen LogP contribution in [0.4, 0.5) is 0 Å². The van der Waals surface area contributed by atoms with Crippen molar-refractivity contribution in [2.45, 2.75) is 26.2 Å². The zero-order valence-electron chi connectivity index (χ0n) is 11.9. The quantitative estimate of drug-likeness (QED) is 0.655. The molecule has 0 saturated carbocycles. The van der Waals surface area contributed by atoms with Gasteiger partial charge in [0.15, 0.2) is 17.0 Å². The number of Topliss-reactive ketones (excluding diaryl/α,β-unsaturated/α-hetero) is 1. The van der Waals surface area contributed by atoms with E-state index in [0.717, 1.165) is 18.4 Å². The first-order valence-electron chi connectivity index (χ1n) is 7.13. The molecule has 0 spiro atoms. The van der Waals surface area contributed by atoms with Crippen LogP contribution in [0.3, 0.4) is 0 Å². The number of rotatable bonds is 5. The van der Waals surface area contributed by atoms with Gasteiger partial charge in [0.05, 0.1) is 5.56 Å². The monoisotopic (exact) mass is 280 g/mol. The summed E-state index contributed by atoms with van der Waals surface area (Å²) in [7, 11) is 0. The molecule has 0 amide bonds. The van der Waals surface area contributed by atoms with Crippen LogP contribution in [0.15, 0.2) is 47.0 Å². The van der Waals surface area contributed by atoms with Crippen molar-refractivity contribution >= 4 is 17.0 Å². The van der Waals surface area contributed by atoms with E-state index in [4.69, 9.17) is 4.42 Å². The first-order valence-corrected chi connectivity index (χ1v) is 7.13. The van der Waals surface area contributed by atoms with Crippen molar-refractivity contribution in [1.29, 1.82) is 0 Å². The Kier molecular flexibility index (Phi) is 3.77. The van der Waals surface area contributed by atoms with Crippen molar-refractivity contribution in [3.05, 3.63) is 48.2 Å². The van der Waals surface area contributed by atoms with Gasteiger partial charge in [0.1, 0.15) is 0 Å². The smallest absolute Gasteiger partial charge is 0.228 e. The molecule has 2 heterocycles. The van der Waals surface area contributed by atoms with Crippen LogP contribution in [0.25, 0.3) is 22.7 Å². The van der Waals surface area contributed by atoms with Gasteiger partial charge in [0, 0.05) is 18.2 Å². The van der Waals surface area contributed by atoms with Crippen LogP contribution >= 0.6 is 0 Å². The van der Waals surface area contributed by atoms with Gasteiger partial charge in [-0.2, -0.15) is 4.98 Å². The van der Waals surface area contributed by atoms with Crippen LogP contribution in [0.1, 0.15) is 36.5 Å². The normalized spacial score (nSPS) is 10.9. The lowest BCUT2D eigenvalue weighted by Gasteiger charge is -1.99. The molecule has 0 saturated heterocycles. The summed E-state index contributed by atoms with van der Waals surface area (Å²) >= 11 is 0. The molecule has 2 aromatic heterocycles. The minimum absolute atomic E-state index is 0.0833. The van der Waals surface area contributed by atoms with E-state index in [9.17, 15) is 4.79 Å². The number of carbonyl (C=O) groups is 1. The summed E-state index contributed by atoms with van der Waals surface area (Å²) in [4.78, 5) is 20.8. The van der Waals surface area contributed by atoms with E-state index in [2.05, 4.69) is 16.9 Å². The average molecular weight is 280 g/mol. The van der Waals surface area contributed by atoms with Crippen molar-refractivity contribution in [1.82, 2.24) is 9.97 Å². The van der Waals surface area contributed by atoms with Gasteiger partial charge in [-0.1, -0.05) is 31.5 Å². The van der Waals surface area contributed by atoms with Crippen molar-refractivity contribution in [2.75, 3.05) is 0 Å². The molecule has 0 radical (unpaired) electrons. The summed E-state index contributed by atoms with van der Waals surface area (Å²) in [5.41, 5.74) is 2.42. The fraction of sp³-hybridized carbons (Fsp3) is 0.235. The van der Waals surface area contributed by atoms with Crippen LogP contribution in [-0.4, -0.2) is 15.8 Å². The number of unbranched alkanes of at least 4 members (excludes halogenated alkanes) is 1. The molecule has 4 heteroatoms. The Morgan fingerprint density at radius 1 is 1.19 bits per heavy atom. The highest BCUT2D eigenvalue weighted by molar-refractivity contribution is 6.04. The summed E-state index contributed by atoms with van der Waals surface area (Å²) in [6.45, 7) is 2.07. The molecule has 3 aromatic rings. The molecule has 0 N–H and O–H groups in total. The molecule has 0 aliphatic heterocycles. The fourth-order valence-electron chi connectivity index (χ4n) is 2.23. The number of hydrogen-bond donors (Lipinski definition) is 0. The minimum Gasteiger partial charge on any atom is -0.434 e. The standard InChI is InChI=1S/C17H16N2O2/c1-2-3-9-14(20)13-10-11-18-16-15(13)21-17(19-16)12-7-5-4-6-8-12/h4-8,10-11H,2-3,9H2,1H3. The van der Waals surface area contributed by atoms with Gasteiger partial charge in [-0.3, -0.25) is 4.79 Å². The van der Waals surface area contributed by atoms with E-state index in [1.165, 1.54) is 0 Å². The van der Waals surface area contributed by atoms with E-state index >= 15 is 0 Å². The maximum Gasteiger partial charge on any atom is 0.228 e. The zero-order chi connectivity index (χ0) is 14.7. The molecule has 0 aliphatic rings. The Morgan fingerprint density at radius 3 is 2.76 bits per heavy atom. The molecular formula is C17H16N2O2. The van der Waals surface area contributed by atoms with Crippen molar-refractivity contribution in [2.24, 2.45) is 0 Å². The molecule has 3 rings (SSSR count). The third-order valence-electron chi connectivity index (χ3n) is 3.37. The summed E-state index contributed by atoms with van der Waals surface area (Å²) in [6, 6.07) is 11.3. The third kappa shape index (κ3) is 2.70. The molecule has 0 fully saturated rings. The second-order valence-corrected chi connectivity index (χ2v) is 4.92. The number of nitrogens with zero attached hydrogens (tertiary/aromatic N) is 2. The number of ketones is 1. The number of aromatic nitrogens is 2. The number of carbonyl (C=O) groups excluding carboxylic acids is 1. The molecule has 0 atom stereocenters. The van der Waals surface area contributed by atoms with Crippen molar-refractivity contribution in [3.8, 4) is 11.5 Å². The predicted octanol–water partition coefficient (Wildman–Crippen LogP) is 4.26. The second kappa shape index (κ2) is 5.87. The predicted molar refractivity (Wildman–Crippen MR) is 81.1 cm³/mol. The lowest BCUT2D eigenvalue weighted by atomic mass is 10.1. The highest BCUT2D eigenvalue weighted by Crippen LogP contribution is 2.26. The highest BCUT2D eigenvalue weighted by Gasteiger charge is 2.16. The summed E-state index contributed by atoms with van der Waals surface area (Å²) < 4.78 is 5.79. The summed E-state index contributed by atoms with van der Waals surface area (Å²) in [6.07, 6.45) is 4.00. The van der Waals surface area contributed by atoms with E-state index in [1.54, 1.807) is 12.3 Å². The summed E-state index contributed by atoms with van der Waals surface area (Å²) in [5, 5.41) is 0. The van der Waals surface area contributed by atoms with E-state index in [0.29, 0.717) is 29.1 Å². The minimum atomic E-state index is 0.0833. The van der Waals surface area contributed by atoms with Crippen LogP contribution < -0.4 is 0 Å². The van der Waals surface area contributed by atoms with E-state index in [1.807, 2.05) is 30.3 Å². The average Bonchev–Trinajstić information content (AvgIpc) is 2.97. The Labute approximate surface area is 122 Å². The molecule has 21 heavy (non-hydrogen) atoms. The van der Waals surface area contributed by atoms with Gasteiger partial charge in [-0.25, -0.2) is 4.98 Å². The Balaban J connectivity index is 2.04. The number of benzene rings is 1. The van der Waals surface area contributed by atoms with Gasteiger partial charge >= 0.3 is 0 Å². The molecule has 106 valence electrons. The maximum atomic E-state index is 12.2. The topological polar surface area (TPSA) is 56.0 Å². The van der Waals surface area contributed by atoms with Crippen LogP contribution in [0.2, 0.25) is 0 Å². The lowest BCUT2D eigenvalue weighted by Crippen LogP contribution is -1.99. The number of pyridine rings is 1. The van der Waals surface area contributed by atoms with E-state index < -0.39 is 0 Å². The van der Waals surface area contributed by atoms with Crippen molar-refractivity contribution < 1.29 is 9.21 Å². The van der Waals surface area contributed by atoms with Crippen LogP contribution in [0, 0.1) is 0 Å². The molecule has 0 unspecified atom stereocenters. The summed E-state index contributed by atoms with van der Waals surface area (Å²) in [5.74, 6) is 0.578. The molecule has 0 bridgehead atoms. The van der Waals surface area contributed by atoms with E-state index in [-0.39, 0.29) is 5.78 Å². The van der Waals surface area contributed by atoms with Gasteiger partial charge in [0.25, 0.3) is 0 Å². The maximum absolute atomic E-state index is 12.2. The third-order valence-corrected chi connectivity index (χ3v) is 3.37.